The van der Waals surface area contributed by atoms with Crippen molar-refractivity contribution in [1.82, 2.24) is 10.2 Å². The molecule has 0 aliphatic heterocycles. The van der Waals surface area contributed by atoms with Gasteiger partial charge in [-0.1, -0.05) is 77.8 Å². The number of aryl methyl sites for hydroxylation is 2. The van der Waals surface area contributed by atoms with Crippen LogP contribution in [0, 0.1) is 13.8 Å². The molecule has 248 valence electrons. The highest BCUT2D eigenvalue weighted by atomic mass is 35.5. The summed E-state index contributed by atoms with van der Waals surface area (Å²) in [5, 5.41) is 3.56. The summed E-state index contributed by atoms with van der Waals surface area (Å²) in [6, 6.07) is 27.1. The first-order chi connectivity index (χ1) is 22.2. The van der Waals surface area contributed by atoms with Crippen LogP contribution in [0.4, 0.5) is 5.69 Å². The van der Waals surface area contributed by atoms with Gasteiger partial charge >= 0.3 is 0 Å². The van der Waals surface area contributed by atoms with Gasteiger partial charge in [0.1, 0.15) is 18.3 Å². The number of carbonyl (C=O) groups excluding carboxylic acids is 2. The molecule has 0 aromatic heterocycles. The van der Waals surface area contributed by atoms with Crippen LogP contribution in [0.5, 0.6) is 5.75 Å². The Hall–Kier alpha value is -4.34. The van der Waals surface area contributed by atoms with Crippen molar-refractivity contribution >= 4 is 39.1 Å². The first kappa shape index (κ1) is 35.5. The molecule has 0 aliphatic carbocycles. The quantitative estimate of drug-likeness (QED) is 0.180. The Morgan fingerprint density at radius 3 is 2.06 bits per heavy atom. The van der Waals surface area contributed by atoms with Crippen molar-refractivity contribution in [2.24, 2.45) is 0 Å². The van der Waals surface area contributed by atoms with Gasteiger partial charge in [0.15, 0.2) is 0 Å². The van der Waals surface area contributed by atoms with Crippen LogP contribution in [-0.4, -0.2) is 50.4 Å². The second-order valence-corrected chi connectivity index (χ2v) is 14.9. The molecule has 4 aromatic carbocycles. The van der Waals surface area contributed by atoms with Crippen LogP contribution in [0.1, 0.15) is 43.0 Å². The number of benzene rings is 4. The average Bonchev–Trinajstić information content (AvgIpc) is 3.02. The van der Waals surface area contributed by atoms with Crippen LogP contribution in [0.25, 0.3) is 0 Å². The van der Waals surface area contributed by atoms with Crippen molar-refractivity contribution in [1.29, 1.82) is 0 Å². The summed E-state index contributed by atoms with van der Waals surface area (Å²) in [6.07, 6.45) is 0.209. The molecule has 0 fully saturated rings. The van der Waals surface area contributed by atoms with Gasteiger partial charge in [0, 0.05) is 23.5 Å². The number of hydrogen-bond donors (Lipinski definition) is 1. The smallest absolute Gasteiger partial charge is 0.264 e. The minimum atomic E-state index is -4.27. The third-order valence-electron chi connectivity index (χ3n) is 7.53. The maximum Gasteiger partial charge on any atom is 0.264 e. The van der Waals surface area contributed by atoms with Crippen LogP contribution >= 0.6 is 11.6 Å². The van der Waals surface area contributed by atoms with Crippen molar-refractivity contribution in [3.8, 4) is 5.75 Å². The maximum absolute atomic E-state index is 14.7. The zero-order chi connectivity index (χ0) is 34.4. The minimum absolute atomic E-state index is 0.0232. The predicted molar refractivity (Wildman–Crippen MR) is 187 cm³/mol. The number of carbonyl (C=O) groups is 2. The zero-order valence-corrected chi connectivity index (χ0v) is 29.2. The van der Waals surface area contributed by atoms with Gasteiger partial charge in [0.25, 0.3) is 10.0 Å². The van der Waals surface area contributed by atoms with E-state index in [1.807, 2.05) is 65.0 Å². The summed E-state index contributed by atoms with van der Waals surface area (Å²) in [6.45, 7) is 8.76. The standard InChI is InChI=1S/C37H42ClN3O5S/c1-26-12-19-31(20-13-26)47(44,45)41(32-22-27(2)14-21-34(32)46-6)25-35(42)40(24-29-15-17-30(38)18-16-29)33(36(43)39-37(3,4)5)23-28-10-8-7-9-11-28/h7-22,33H,23-25H2,1-6H3,(H,39,43)/t33-/m0/s1. The highest BCUT2D eigenvalue weighted by molar-refractivity contribution is 7.92. The topological polar surface area (TPSA) is 96.0 Å². The van der Waals surface area contributed by atoms with E-state index < -0.39 is 34.1 Å². The molecule has 0 saturated heterocycles. The van der Waals surface area contributed by atoms with Crippen LogP contribution in [0.3, 0.4) is 0 Å². The molecule has 0 bridgehead atoms. The van der Waals surface area contributed by atoms with Gasteiger partial charge in [-0.25, -0.2) is 8.42 Å². The second kappa shape index (κ2) is 15.0. The molecule has 8 nitrogen and oxygen atoms in total. The average molecular weight is 676 g/mol. The first-order valence-corrected chi connectivity index (χ1v) is 17.1. The lowest BCUT2D eigenvalue weighted by Gasteiger charge is -2.35. The van der Waals surface area contributed by atoms with E-state index in [4.69, 9.17) is 16.3 Å². The zero-order valence-electron chi connectivity index (χ0n) is 27.7. The van der Waals surface area contributed by atoms with Gasteiger partial charge in [-0.3, -0.25) is 13.9 Å². The Labute approximate surface area is 283 Å². The number of hydrogen-bond acceptors (Lipinski definition) is 5. The van der Waals surface area contributed by atoms with E-state index in [0.717, 1.165) is 26.6 Å². The van der Waals surface area contributed by atoms with E-state index in [-0.39, 0.29) is 35.2 Å². The van der Waals surface area contributed by atoms with Gasteiger partial charge in [0.2, 0.25) is 11.8 Å². The SMILES string of the molecule is COc1ccc(C)cc1N(CC(=O)N(Cc1ccc(Cl)cc1)[C@@H](Cc1ccccc1)C(=O)NC(C)(C)C)S(=O)(=O)c1ccc(C)cc1. The highest BCUT2D eigenvalue weighted by Gasteiger charge is 2.36. The van der Waals surface area contributed by atoms with Crippen molar-refractivity contribution in [3.63, 3.8) is 0 Å². The fourth-order valence-corrected chi connectivity index (χ4v) is 6.68. The summed E-state index contributed by atoms with van der Waals surface area (Å²) in [5.74, 6) is -0.636. The van der Waals surface area contributed by atoms with Crippen LogP contribution < -0.4 is 14.4 Å². The van der Waals surface area contributed by atoms with E-state index >= 15 is 0 Å². The number of amides is 2. The van der Waals surface area contributed by atoms with Gasteiger partial charge < -0.3 is 15.0 Å². The fourth-order valence-electron chi connectivity index (χ4n) is 5.14. The molecule has 0 unspecified atom stereocenters. The number of methoxy groups -OCH3 is 1. The number of nitrogens with zero attached hydrogens (tertiary/aromatic N) is 2. The van der Waals surface area contributed by atoms with Crippen molar-refractivity contribution in [2.45, 2.75) is 64.1 Å². The van der Waals surface area contributed by atoms with Gasteiger partial charge in [-0.05, 0) is 87.7 Å². The molecule has 1 atom stereocenters. The van der Waals surface area contributed by atoms with E-state index in [1.165, 1.54) is 24.1 Å². The Morgan fingerprint density at radius 1 is 0.851 bits per heavy atom. The first-order valence-electron chi connectivity index (χ1n) is 15.3. The molecule has 0 aliphatic rings. The van der Waals surface area contributed by atoms with Crippen molar-refractivity contribution in [3.05, 3.63) is 124 Å². The van der Waals surface area contributed by atoms with Gasteiger partial charge in [0.05, 0.1) is 17.7 Å². The molecular weight excluding hydrogens is 634 g/mol. The molecule has 2 amide bonds. The molecular formula is C37H42ClN3O5S. The normalized spacial score (nSPS) is 12.2. The van der Waals surface area contributed by atoms with Gasteiger partial charge in [-0.15, -0.1) is 0 Å². The Bertz CT molecular complexity index is 1790. The number of sulfonamides is 1. The summed E-state index contributed by atoms with van der Waals surface area (Å²) in [5.41, 5.74) is 2.87. The summed E-state index contributed by atoms with van der Waals surface area (Å²) >= 11 is 6.17. The molecule has 47 heavy (non-hydrogen) atoms. The summed E-state index contributed by atoms with van der Waals surface area (Å²) in [7, 11) is -2.82. The van der Waals surface area contributed by atoms with E-state index in [0.29, 0.717) is 5.02 Å². The van der Waals surface area contributed by atoms with Crippen LogP contribution in [0.15, 0.2) is 102 Å². The number of ether oxygens (including phenoxy) is 1. The van der Waals surface area contributed by atoms with E-state index in [9.17, 15) is 18.0 Å². The number of rotatable bonds is 12. The third-order valence-corrected chi connectivity index (χ3v) is 9.55. The molecule has 0 radical (unpaired) electrons. The van der Waals surface area contributed by atoms with Crippen LogP contribution in [-0.2, 0) is 32.6 Å². The molecule has 10 heteroatoms. The molecule has 0 heterocycles. The number of halogens is 1. The van der Waals surface area contributed by atoms with Crippen molar-refractivity contribution < 1.29 is 22.7 Å². The number of anilines is 1. The van der Waals surface area contributed by atoms with E-state index in [2.05, 4.69) is 5.32 Å². The number of nitrogens with one attached hydrogen (secondary N) is 1. The lowest BCUT2D eigenvalue weighted by atomic mass is 10.0. The largest absolute Gasteiger partial charge is 0.495 e. The molecule has 1 N–H and O–H groups in total. The maximum atomic E-state index is 14.7. The molecule has 4 aromatic rings. The highest BCUT2D eigenvalue weighted by Crippen LogP contribution is 2.34. The Balaban J connectivity index is 1.86. The lowest BCUT2D eigenvalue weighted by molar-refractivity contribution is -0.140. The Morgan fingerprint density at radius 2 is 1.47 bits per heavy atom. The Kier molecular flexibility index (Phi) is 11.4. The monoisotopic (exact) mass is 675 g/mol. The van der Waals surface area contributed by atoms with Crippen LogP contribution in [0.2, 0.25) is 5.02 Å². The fraction of sp³-hybridized carbons (Fsp3) is 0.297. The molecule has 4 rings (SSSR count). The lowest BCUT2D eigenvalue weighted by Crippen LogP contribution is -2.56. The molecule has 0 spiro atoms. The summed E-state index contributed by atoms with van der Waals surface area (Å²) in [4.78, 5) is 30.2. The minimum Gasteiger partial charge on any atom is -0.495 e. The predicted octanol–water partition coefficient (Wildman–Crippen LogP) is 6.72. The third kappa shape index (κ3) is 9.36. The van der Waals surface area contributed by atoms with E-state index in [1.54, 1.807) is 54.6 Å². The molecule has 0 saturated carbocycles. The summed E-state index contributed by atoms with van der Waals surface area (Å²) < 4.78 is 35.4. The van der Waals surface area contributed by atoms with Gasteiger partial charge in [-0.2, -0.15) is 0 Å². The van der Waals surface area contributed by atoms with Crippen molar-refractivity contribution in [2.75, 3.05) is 18.0 Å². The second-order valence-electron chi connectivity index (χ2n) is 12.6.